The molecule has 1 rings (SSSR count). The van der Waals surface area contributed by atoms with E-state index < -0.39 is 0 Å². The highest BCUT2D eigenvalue weighted by molar-refractivity contribution is 5.93. The Morgan fingerprint density at radius 3 is 2.76 bits per heavy atom. The Balaban J connectivity index is 2.17. The zero-order valence-corrected chi connectivity index (χ0v) is 9.33. The van der Waals surface area contributed by atoms with E-state index in [4.69, 9.17) is 10.9 Å². The SMILES string of the molecule is NC(CCCCNC(=O)c1cncnc1)=NO. The third kappa shape index (κ3) is 4.92. The smallest absolute Gasteiger partial charge is 0.254 e. The number of amidine groups is 1. The molecule has 0 aliphatic heterocycles. The van der Waals surface area contributed by atoms with E-state index in [1.807, 2.05) is 0 Å². The van der Waals surface area contributed by atoms with Crippen molar-refractivity contribution in [2.45, 2.75) is 19.3 Å². The van der Waals surface area contributed by atoms with E-state index in [0.717, 1.165) is 12.8 Å². The predicted octanol–water partition coefficient (Wildman–Crippen LogP) is 0.123. The molecule has 4 N–H and O–H groups in total. The van der Waals surface area contributed by atoms with Crippen molar-refractivity contribution in [1.82, 2.24) is 15.3 Å². The molecule has 1 aromatic heterocycles. The quantitative estimate of drug-likeness (QED) is 0.214. The normalized spacial score (nSPS) is 11.2. The molecular formula is C10H15N5O2. The van der Waals surface area contributed by atoms with Gasteiger partial charge >= 0.3 is 0 Å². The fraction of sp³-hybridized carbons (Fsp3) is 0.400. The van der Waals surface area contributed by atoms with Crippen LogP contribution in [0.5, 0.6) is 0 Å². The number of unbranched alkanes of at least 4 members (excludes halogenated alkanes) is 1. The van der Waals surface area contributed by atoms with Crippen LogP contribution in [-0.2, 0) is 0 Å². The number of nitrogens with one attached hydrogen (secondary N) is 1. The van der Waals surface area contributed by atoms with Gasteiger partial charge in [-0.25, -0.2) is 9.97 Å². The van der Waals surface area contributed by atoms with E-state index in [1.54, 1.807) is 0 Å². The second-order valence-corrected chi connectivity index (χ2v) is 3.43. The maximum absolute atomic E-state index is 11.5. The van der Waals surface area contributed by atoms with Crippen LogP contribution in [0.1, 0.15) is 29.6 Å². The highest BCUT2D eigenvalue weighted by atomic mass is 16.4. The average molecular weight is 237 g/mol. The molecule has 0 aromatic carbocycles. The molecule has 92 valence electrons. The van der Waals surface area contributed by atoms with Crippen LogP contribution in [0.15, 0.2) is 23.9 Å². The number of carbonyl (C=O) groups excluding carboxylic acids is 1. The second-order valence-electron chi connectivity index (χ2n) is 3.43. The monoisotopic (exact) mass is 237 g/mol. The van der Waals surface area contributed by atoms with Crippen molar-refractivity contribution in [3.8, 4) is 0 Å². The van der Waals surface area contributed by atoms with Gasteiger partial charge in [0.15, 0.2) is 0 Å². The number of carbonyl (C=O) groups is 1. The molecule has 17 heavy (non-hydrogen) atoms. The molecule has 0 atom stereocenters. The molecule has 0 fully saturated rings. The number of amides is 1. The van der Waals surface area contributed by atoms with Crippen LogP contribution in [-0.4, -0.2) is 33.5 Å². The van der Waals surface area contributed by atoms with Crippen molar-refractivity contribution >= 4 is 11.7 Å². The number of rotatable bonds is 6. The van der Waals surface area contributed by atoms with Gasteiger partial charge in [-0.1, -0.05) is 5.16 Å². The number of aromatic nitrogens is 2. The summed E-state index contributed by atoms with van der Waals surface area (Å²) in [6.45, 7) is 0.534. The summed E-state index contributed by atoms with van der Waals surface area (Å²) in [5, 5.41) is 13.9. The Bertz CT molecular complexity index is 380. The van der Waals surface area contributed by atoms with Gasteiger partial charge in [-0.3, -0.25) is 4.79 Å². The predicted molar refractivity (Wildman–Crippen MR) is 61.6 cm³/mol. The minimum Gasteiger partial charge on any atom is -0.409 e. The molecule has 0 aliphatic rings. The van der Waals surface area contributed by atoms with Gasteiger partial charge in [0, 0.05) is 25.4 Å². The van der Waals surface area contributed by atoms with E-state index in [2.05, 4.69) is 20.4 Å². The fourth-order valence-corrected chi connectivity index (χ4v) is 1.20. The topological polar surface area (TPSA) is 113 Å². The van der Waals surface area contributed by atoms with E-state index in [-0.39, 0.29) is 11.7 Å². The molecule has 0 spiro atoms. The van der Waals surface area contributed by atoms with E-state index in [1.165, 1.54) is 18.7 Å². The lowest BCUT2D eigenvalue weighted by Gasteiger charge is -2.04. The molecule has 1 amide bonds. The van der Waals surface area contributed by atoms with Crippen LogP contribution >= 0.6 is 0 Å². The Labute approximate surface area is 98.8 Å². The highest BCUT2D eigenvalue weighted by Gasteiger charge is 2.04. The first kappa shape index (κ1) is 12.9. The second kappa shape index (κ2) is 7.15. The molecule has 1 heterocycles. The summed E-state index contributed by atoms with van der Waals surface area (Å²) in [7, 11) is 0. The van der Waals surface area contributed by atoms with Crippen molar-refractivity contribution in [3.63, 3.8) is 0 Å². The van der Waals surface area contributed by atoms with E-state index in [9.17, 15) is 4.79 Å². The number of oxime groups is 1. The molecule has 0 radical (unpaired) electrons. The summed E-state index contributed by atoms with van der Waals surface area (Å²) < 4.78 is 0. The van der Waals surface area contributed by atoms with Gasteiger partial charge in [0.05, 0.1) is 5.56 Å². The summed E-state index contributed by atoms with van der Waals surface area (Å²) in [5.74, 6) is 0.00202. The average Bonchev–Trinajstić information content (AvgIpc) is 2.38. The van der Waals surface area contributed by atoms with Gasteiger partial charge in [-0.15, -0.1) is 0 Å². The van der Waals surface area contributed by atoms with Gasteiger partial charge in [0.2, 0.25) is 0 Å². The molecule has 1 aromatic rings. The molecule has 0 saturated carbocycles. The molecule has 7 nitrogen and oxygen atoms in total. The highest BCUT2D eigenvalue weighted by Crippen LogP contribution is 1.96. The van der Waals surface area contributed by atoms with Gasteiger partial charge in [-0.05, 0) is 12.8 Å². The van der Waals surface area contributed by atoms with Gasteiger partial charge < -0.3 is 16.3 Å². The lowest BCUT2D eigenvalue weighted by Crippen LogP contribution is -2.25. The summed E-state index contributed by atoms with van der Waals surface area (Å²) in [6.07, 6.45) is 6.31. The molecule has 0 bridgehead atoms. The number of nitrogens with zero attached hydrogens (tertiary/aromatic N) is 3. The van der Waals surface area contributed by atoms with Crippen LogP contribution in [0, 0.1) is 0 Å². The van der Waals surface area contributed by atoms with Crippen LogP contribution in [0.4, 0.5) is 0 Å². The van der Waals surface area contributed by atoms with Crippen molar-refractivity contribution in [2.24, 2.45) is 10.9 Å². The first-order chi connectivity index (χ1) is 8.24. The van der Waals surface area contributed by atoms with Crippen LogP contribution < -0.4 is 11.1 Å². The minimum atomic E-state index is -0.200. The summed E-state index contributed by atoms with van der Waals surface area (Å²) >= 11 is 0. The maximum atomic E-state index is 11.5. The van der Waals surface area contributed by atoms with Gasteiger partial charge in [0.1, 0.15) is 12.2 Å². The maximum Gasteiger partial charge on any atom is 0.254 e. The third-order valence-electron chi connectivity index (χ3n) is 2.10. The lowest BCUT2D eigenvalue weighted by molar-refractivity contribution is 0.0952. The standard InChI is InChI=1S/C10H15N5O2/c11-9(15-17)3-1-2-4-14-10(16)8-5-12-7-13-6-8/h5-7,17H,1-4H2,(H2,11,15)(H,14,16). The first-order valence-corrected chi connectivity index (χ1v) is 5.23. The van der Waals surface area contributed by atoms with Crippen LogP contribution in [0.25, 0.3) is 0 Å². The number of hydrogen-bond acceptors (Lipinski definition) is 5. The minimum absolute atomic E-state index is 0.200. The zero-order valence-electron chi connectivity index (χ0n) is 9.33. The van der Waals surface area contributed by atoms with Gasteiger partial charge in [0.25, 0.3) is 5.91 Å². The molecule has 0 saturated heterocycles. The Kier molecular flexibility index (Phi) is 5.42. The Morgan fingerprint density at radius 1 is 1.41 bits per heavy atom. The largest absolute Gasteiger partial charge is 0.409 e. The number of nitrogens with two attached hydrogens (primary N) is 1. The lowest BCUT2D eigenvalue weighted by atomic mass is 10.2. The van der Waals surface area contributed by atoms with Crippen molar-refractivity contribution in [1.29, 1.82) is 0 Å². The van der Waals surface area contributed by atoms with Crippen LogP contribution in [0.3, 0.4) is 0 Å². The number of hydrogen-bond donors (Lipinski definition) is 3. The van der Waals surface area contributed by atoms with Gasteiger partial charge in [-0.2, -0.15) is 0 Å². The first-order valence-electron chi connectivity index (χ1n) is 5.23. The molecule has 0 aliphatic carbocycles. The van der Waals surface area contributed by atoms with Crippen molar-refractivity contribution in [2.75, 3.05) is 6.54 Å². The van der Waals surface area contributed by atoms with E-state index >= 15 is 0 Å². The van der Waals surface area contributed by atoms with E-state index in [0.29, 0.717) is 18.5 Å². The van der Waals surface area contributed by atoms with Crippen LogP contribution in [0.2, 0.25) is 0 Å². The molecule has 7 heteroatoms. The zero-order chi connectivity index (χ0) is 12.5. The third-order valence-corrected chi connectivity index (χ3v) is 2.10. The summed E-state index contributed by atoms with van der Waals surface area (Å²) in [4.78, 5) is 19.0. The Hall–Kier alpha value is -2.18. The van der Waals surface area contributed by atoms with Crippen molar-refractivity contribution < 1.29 is 10.0 Å². The van der Waals surface area contributed by atoms with Crippen molar-refractivity contribution in [3.05, 3.63) is 24.3 Å². The fourth-order valence-electron chi connectivity index (χ4n) is 1.20. The summed E-state index contributed by atoms with van der Waals surface area (Å²) in [6, 6.07) is 0. The molecular weight excluding hydrogens is 222 g/mol. The summed E-state index contributed by atoms with van der Waals surface area (Å²) in [5.41, 5.74) is 5.74. The Morgan fingerprint density at radius 2 is 2.12 bits per heavy atom. The molecule has 0 unspecified atom stereocenters.